The van der Waals surface area contributed by atoms with Gasteiger partial charge in [0.05, 0.1) is 11.8 Å². The van der Waals surface area contributed by atoms with Gasteiger partial charge in [-0.2, -0.15) is 5.10 Å². The number of rotatable bonds is 3. The van der Waals surface area contributed by atoms with Crippen molar-refractivity contribution in [3.05, 3.63) is 18.0 Å². The highest BCUT2D eigenvalue weighted by atomic mass is 16.4. The summed E-state index contributed by atoms with van der Waals surface area (Å²) < 4.78 is 1.25. The number of hydrogen-bond donors (Lipinski definition) is 1. The number of amides is 1. The Morgan fingerprint density at radius 2 is 2.13 bits per heavy atom. The summed E-state index contributed by atoms with van der Waals surface area (Å²) >= 11 is 0. The third kappa shape index (κ3) is 2.34. The first-order chi connectivity index (χ1) is 6.93. The minimum absolute atomic E-state index is 0.196. The Hall–Kier alpha value is -1.85. The number of carboxylic acid groups (broad SMARTS) is 1. The molecule has 1 rings (SSSR count). The molecule has 15 heavy (non-hydrogen) atoms. The molecule has 1 heterocycles. The van der Waals surface area contributed by atoms with E-state index in [2.05, 4.69) is 5.10 Å². The van der Waals surface area contributed by atoms with Crippen molar-refractivity contribution < 1.29 is 14.7 Å². The Morgan fingerprint density at radius 3 is 2.60 bits per heavy atom. The van der Waals surface area contributed by atoms with Gasteiger partial charge in [0.25, 0.3) is 5.91 Å². The minimum Gasteiger partial charge on any atom is -0.480 e. The van der Waals surface area contributed by atoms with Crippen molar-refractivity contribution in [3.63, 3.8) is 0 Å². The van der Waals surface area contributed by atoms with Crippen molar-refractivity contribution in [2.75, 3.05) is 14.1 Å². The summed E-state index contributed by atoms with van der Waals surface area (Å²) in [4.78, 5) is 23.5. The Bertz CT molecular complexity index is 384. The predicted molar refractivity (Wildman–Crippen MR) is 52.6 cm³/mol. The Kier molecular flexibility index (Phi) is 3.08. The monoisotopic (exact) mass is 211 g/mol. The number of aliphatic carboxylic acids is 1. The summed E-state index contributed by atoms with van der Waals surface area (Å²) in [6.45, 7) is 1.50. The second kappa shape index (κ2) is 4.12. The van der Waals surface area contributed by atoms with Crippen LogP contribution in [-0.4, -0.2) is 45.8 Å². The first kappa shape index (κ1) is 11.2. The van der Waals surface area contributed by atoms with E-state index in [1.807, 2.05) is 0 Å². The fourth-order valence-electron chi connectivity index (χ4n) is 1.03. The third-order valence-electron chi connectivity index (χ3n) is 2.01. The molecule has 82 valence electrons. The van der Waals surface area contributed by atoms with Crippen LogP contribution in [0.1, 0.15) is 23.3 Å². The maximum absolute atomic E-state index is 11.5. The zero-order valence-corrected chi connectivity index (χ0v) is 8.84. The second-order valence-corrected chi connectivity index (χ2v) is 3.42. The lowest BCUT2D eigenvalue weighted by Crippen LogP contribution is -2.21. The standard InChI is InChI=1S/C9H13N3O3/c1-6(9(14)15)12-5-7(4-10-12)8(13)11(2)3/h4-6H,1-3H3,(H,14,15). The average Bonchev–Trinajstić information content (AvgIpc) is 2.63. The quantitative estimate of drug-likeness (QED) is 0.776. The lowest BCUT2D eigenvalue weighted by Gasteiger charge is -2.08. The summed E-state index contributed by atoms with van der Waals surface area (Å²) in [7, 11) is 3.25. The van der Waals surface area contributed by atoms with Gasteiger partial charge < -0.3 is 10.0 Å². The van der Waals surface area contributed by atoms with E-state index in [1.165, 1.54) is 28.9 Å². The van der Waals surface area contributed by atoms with Gasteiger partial charge in [-0.25, -0.2) is 4.79 Å². The van der Waals surface area contributed by atoms with Gasteiger partial charge in [-0.05, 0) is 6.92 Å². The number of carbonyl (C=O) groups is 2. The Labute approximate surface area is 87.1 Å². The normalized spacial score (nSPS) is 12.2. The largest absolute Gasteiger partial charge is 0.480 e. The van der Waals surface area contributed by atoms with E-state index in [4.69, 9.17) is 5.11 Å². The minimum atomic E-state index is -0.984. The van der Waals surface area contributed by atoms with Gasteiger partial charge in [-0.3, -0.25) is 9.48 Å². The number of aromatic nitrogens is 2. The first-order valence-corrected chi connectivity index (χ1v) is 4.42. The van der Waals surface area contributed by atoms with Crippen LogP contribution in [0.4, 0.5) is 0 Å². The van der Waals surface area contributed by atoms with Gasteiger partial charge in [0.15, 0.2) is 0 Å². The molecule has 0 aromatic carbocycles. The van der Waals surface area contributed by atoms with Crippen LogP contribution in [0.5, 0.6) is 0 Å². The number of nitrogens with zero attached hydrogens (tertiary/aromatic N) is 3. The second-order valence-electron chi connectivity index (χ2n) is 3.42. The molecule has 6 nitrogen and oxygen atoms in total. The van der Waals surface area contributed by atoms with E-state index in [0.29, 0.717) is 5.56 Å². The van der Waals surface area contributed by atoms with Crippen molar-refractivity contribution in [2.45, 2.75) is 13.0 Å². The van der Waals surface area contributed by atoms with Crippen molar-refractivity contribution in [1.29, 1.82) is 0 Å². The molecule has 0 spiro atoms. The highest BCUT2D eigenvalue weighted by Crippen LogP contribution is 2.07. The molecule has 0 fully saturated rings. The summed E-state index contributed by atoms with van der Waals surface area (Å²) in [5.74, 6) is -1.18. The lowest BCUT2D eigenvalue weighted by atomic mass is 10.3. The predicted octanol–water partition coefficient (Wildman–Crippen LogP) is 0.230. The van der Waals surface area contributed by atoms with E-state index in [1.54, 1.807) is 14.1 Å². The molecule has 1 aromatic rings. The molecule has 0 saturated heterocycles. The fraction of sp³-hybridized carbons (Fsp3) is 0.444. The van der Waals surface area contributed by atoms with Crippen molar-refractivity contribution in [3.8, 4) is 0 Å². The van der Waals surface area contributed by atoms with Crippen molar-refractivity contribution in [2.24, 2.45) is 0 Å². The first-order valence-electron chi connectivity index (χ1n) is 4.42. The fourth-order valence-corrected chi connectivity index (χ4v) is 1.03. The number of carboxylic acids is 1. The van der Waals surface area contributed by atoms with E-state index < -0.39 is 12.0 Å². The zero-order valence-electron chi connectivity index (χ0n) is 8.84. The molecular formula is C9H13N3O3. The maximum Gasteiger partial charge on any atom is 0.328 e. The highest BCUT2D eigenvalue weighted by Gasteiger charge is 2.17. The zero-order chi connectivity index (χ0) is 11.6. The van der Waals surface area contributed by atoms with Crippen LogP contribution >= 0.6 is 0 Å². The van der Waals surface area contributed by atoms with Gasteiger partial charge in [0, 0.05) is 20.3 Å². The third-order valence-corrected chi connectivity index (χ3v) is 2.01. The van der Waals surface area contributed by atoms with Gasteiger partial charge >= 0.3 is 5.97 Å². The smallest absolute Gasteiger partial charge is 0.328 e. The van der Waals surface area contributed by atoms with Gasteiger partial charge in [-0.1, -0.05) is 0 Å². The lowest BCUT2D eigenvalue weighted by molar-refractivity contribution is -0.140. The van der Waals surface area contributed by atoms with E-state index in [9.17, 15) is 9.59 Å². The topological polar surface area (TPSA) is 75.4 Å². The average molecular weight is 211 g/mol. The van der Waals surface area contributed by atoms with Gasteiger partial charge in [-0.15, -0.1) is 0 Å². The van der Waals surface area contributed by atoms with Crippen molar-refractivity contribution in [1.82, 2.24) is 14.7 Å². The van der Waals surface area contributed by atoms with Crippen LogP contribution in [0.2, 0.25) is 0 Å². The van der Waals surface area contributed by atoms with E-state index in [-0.39, 0.29) is 5.91 Å². The molecule has 1 aromatic heterocycles. The molecule has 1 amide bonds. The maximum atomic E-state index is 11.5. The molecule has 0 saturated carbocycles. The Morgan fingerprint density at radius 1 is 1.53 bits per heavy atom. The summed E-state index contributed by atoms with van der Waals surface area (Å²) in [6, 6.07) is -0.770. The summed E-state index contributed by atoms with van der Waals surface area (Å²) in [5.41, 5.74) is 0.383. The molecule has 0 aliphatic rings. The van der Waals surface area contributed by atoms with Crippen LogP contribution in [0.15, 0.2) is 12.4 Å². The molecule has 0 bridgehead atoms. The molecule has 1 unspecified atom stereocenters. The molecule has 0 aliphatic carbocycles. The van der Waals surface area contributed by atoms with Gasteiger partial charge in [0.1, 0.15) is 6.04 Å². The molecule has 6 heteroatoms. The van der Waals surface area contributed by atoms with Crippen LogP contribution in [0, 0.1) is 0 Å². The van der Waals surface area contributed by atoms with Gasteiger partial charge in [0.2, 0.25) is 0 Å². The summed E-state index contributed by atoms with van der Waals surface area (Å²) in [6.07, 6.45) is 2.79. The molecule has 1 atom stereocenters. The summed E-state index contributed by atoms with van der Waals surface area (Å²) in [5, 5.41) is 12.6. The van der Waals surface area contributed by atoms with Crippen LogP contribution < -0.4 is 0 Å². The Balaban J connectivity index is 2.90. The number of hydrogen-bond acceptors (Lipinski definition) is 3. The van der Waals surface area contributed by atoms with Crippen LogP contribution in [0.25, 0.3) is 0 Å². The molecule has 0 radical (unpaired) electrons. The van der Waals surface area contributed by atoms with E-state index in [0.717, 1.165) is 0 Å². The number of carbonyl (C=O) groups excluding carboxylic acids is 1. The molecular weight excluding hydrogens is 198 g/mol. The van der Waals surface area contributed by atoms with Crippen molar-refractivity contribution >= 4 is 11.9 Å². The van der Waals surface area contributed by atoms with Crippen LogP contribution in [-0.2, 0) is 4.79 Å². The van der Waals surface area contributed by atoms with E-state index >= 15 is 0 Å². The molecule has 0 aliphatic heterocycles. The SMILES string of the molecule is CC(C(=O)O)n1cc(C(=O)N(C)C)cn1. The van der Waals surface area contributed by atoms with Crippen LogP contribution in [0.3, 0.4) is 0 Å². The molecule has 1 N–H and O–H groups in total. The highest BCUT2D eigenvalue weighted by molar-refractivity contribution is 5.93.